The maximum atomic E-state index is 4.41. The van der Waals surface area contributed by atoms with Crippen molar-refractivity contribution in [2.75, 3.05) is 6.26 Å². The second-order valence-electron chi connectivity index (χ2n) is 2.64. The van der Waals surface area contributed by atoms with Gasteiger partial charge in [0, 0.05) is 0 Å². The van der Waals surface area contributed by atoms with Crippen molar-refractivity contribution in [1.82, 2.24) is 0 Å². The fourth-order valence-corrected chi connectivity index (χ4v) is 1.28. The van der Waals surface area contributed by atoms with Crippen LogP contribution in [0.5, 0.6) is 0 Å². The quantitative estimate of drug-likeness (QED) is 0.503. The van der Waals surface area contributed by atoms with E-state index < -0.39 is 0 Å². The molecule has 0 unspecified atom stereocenters. The standard InChI is InChI=1S/C7H11NS/c1-7(2)5-4-6(8-7)9-3/h4-5H,1-3H3. The van der Waals surface area contributed by atoms with E-state index in [0.717, 1.165) is 5.04 Å². The van der Waals surface area contributed by atoms with Gasteiger partial charge in [0.2, 0.25) is 0 Å². The predicted molar refractivity (Wildman–Crippen MR) is 44.2 cm³/mol. The molecule has 0 aromatic carbocycles. The van der Waals surface area contributed by atoms with Gasteiger partial charge in [-0.1, -0.05) is 6.08 Å². The molecule has 0 fully saturated rings. The minimum absolute atomic E-state index is 0.0539. The second kappa shape index (κ2) is 2.18. The highest BCUT2D eigenvalue weighted by molar-refractivity contribution is 8.13. The van der Waals surface area contributed by atoms with Crippen LogP contribution in [-0.4, -0.2) is 16.8 Å². The van der Waals surface area contributed by atoms with Gasteiger partial charge in [0.15, 0.2) is 0 Å². The van der Waals surface area contributed by atoms with Crippen molar-refractivity contribution in [1.29, 1.82) is 0 Å². The van der Waals surface area contributed by atoms with E-state index in [-0.39, 0.29) is 5.54 Å². The smallest absolute Gasteiger partial charge is 0.0909 e. The van der Waals surface area contributed by atoms with Crippen LogP contribution in [0.3, 0.4) is 0 Å². The van der Waals surface area contributed by atoms with Gasteiger partial charge in [0.1, 0.15) is 0 Å². The molecule has 2 heteroatoms. The molecule has 1 aliphatic heterocycles. The number of hydrogen-bond acceptors (Lipinski definition) is 2. The first kappa shape index (κ1) is 6.87. The monoisotopic (exact) mass is 141 g/mol. The van der Waals surface area contributed by atoms with Gasteiger partial charge in [-0.2, -0.15) is 0 Å². The highest BCUT2D eigenvalue weighted by Crippen LogP contribution is 2.20. The van der Waals surface area contributed by atoms with Crippen LogP contribution < -0.4 is 0 Å². The lowest BCUT2D eigenvalue weighted by molar-refractivity contribution is 0.671. The molecule has 0 aliphatic carbocycles. The van der Waals surface area contributed by atoms with E-state index >= 15 is 0 Å². The predicted octanol–water partition coefficient (Wildman–Crippen LogP) is 2.10. The van der Waals surface area contributed by atoms with Crippen LogP contribution in [0.1, 0.15) is 13.8 Å². The Kier molecular flexibility index (Phi) is 1.66. The largest absolute Gasteiger partial charge is 0.268 e. The number of rotatable bonds is 0. The molecule has 0 spiro atoms. The van der Waals surface area contributed by atoms with Crippen molar-refractivity contribution in [3.63, 3.8) is 0 Å². The molecule has 50 valence electrons. The summed E-state index contributed by atoms with van der Waals surface area (Å²) in [5, 5.41) is 1.14. The van der Waals surface area contributed by atoms with Gasteiger partial charge in [-0.15, -0.1) is 11.8 Å². The zero-order chi connectivity index (χ0) is 6.91. The van der Waals surface area contributed by atoms with Crippen LogP contribution in [0.25, 0.3) is 0 Å². The summed E-state index contributed by atoms with van der Waals surface area (Å²) in [4.78, 5) is 4.41. The van der Waals surface area contributed by atoms with Gasteiger partial charge in [-0.25, -0.2) is 0 Å². The van der Waals surface area contributed by atoms with Crippen molar-refractivity contribution in [3.8, 4) is 0 Å². The molecule has 0 amide bonds. The number of nitrogens with zero attached hydrogens (tertiary/aromatic N) is 1. The number of aliphatic imine (C=N–C) groups is 1. The van der Waals surface area contributed by atoms with E-state index in [0.29, 0.717) is 0 Å². The molecule has 0 aromatic rings. The van der Waals surface area contributed by atoms with E-state index in [9.17, 15) is 0 Å². The Hall–Kier alpha value is -0.240. The third-order valence-corrected chi connectivity index (χ3v) is 1.89. The summed E-state index contributed by atoms with van der Waals surface area (Å²) in [5.41, 5.74) is 0.0539. The topological polar surface area (TPSA) is 12.4 Å². The molecule has 0 bridgehead atoms. The summed E-state index contributed by atoms with van der Waals surface area (Å²) in [6, 6.07) is 0. The lowest BCUT2D eigenvalue weighted by atomic mass is 10.1. The average molecular weight is 141 g/mol. The Balaban J connectivity index is 2.74. The highest BCUT2D eigenvalue weighted by atomic mass is 32.2. The van der Waals surface area contributed by atoms with Gasteiger partial charge in [-0.3, -0.25) is 4.99 Å². The van der Waals surface area contributed by atoms with E-state index in [1.165, 1.54) is 0 Å². The zero-order valence-corrected chi connectivity index (χ0v) is 6.83. The Bertz CT molecular complexity index is 168. The van der Waals surface area contributed by atoms with E-state index in [1.807, 2.05) is 6.26 Å². The minimum atomic E-state index is 0.0539. The summed E-state index contributed by atoms with van der Waals surface area (Å²) in [7, 11) is 0. The van der Waals surface area contributed by atoms with Crippen LogP contribution in [0.4, 0.5) is 0 Å². The Morgan fingerprint density at radius 2 is 2.22 bits per heavy atom. The lowest BCUT2D eigenvalue weighted by Gasteiger charge is -2.08. The van der Waals surface area contributed by atoms with E-state index in [1.54, 1.807) is 11.8 Å². The fraction of sp³-hybridized carbons (Fsp3) is 0.571. The lowest BCUT2D eigenvalue weighted by Crippen LogP contribution is -2.08. The van der Waals surface area contributed by atoms with Gasteiger partial charge in [0.25, 0.3) is 0 Å². The molecular weight excluding hydrogens is 130 g/mol. The molecule has 1 nitrogen and oxygen atoms in total. The Morgan fingerprint density at radius 3 is 2.44 bits per heavy atom. The molecule has 9 heavy (non-hydrogen) atoms. The molecular formula is C7H11NS. The van der Waals surface area contributed by atoms with Crippen molar-refractivity contribution >= 4 is 16.8 Å². The summed E-state index contributed by atoms with van der Waals surface area (Å²) < 4.78 is 0. The average Bonchev–Trinajstić information content (AvgIpc) is 2.10. The van der Waals surface area contributed by atoms with Crippen molar-refractivity contribution in [2.45, 2.75) is 19.4 Å². The first-order valence-corrected chi connectivity index (χ1v) is 4.20. The molecule has 1 aliphatic rings. The molecule has 0 atom stereocenters. The summed E-state index contributed by atoms with van der Waals surface area (Å²) in [5.74, 6) is 0. The maximum Gasteiger partial charge on any atom is 0.0909 e. The fourth-order valence-electron chi connectivity index (χ4n) is 0.747. The minimum Gasteiger partial charge on any atom is -0.268 e. The molecule has 1 rings (SSSR count). The number of thioether (sulfide) groups is 1. The van der Waals surface area contributed by atoms with Gasteiger partial charge >= 0.3 is 0 Å². The summed E-state index contributed by atoms with van der Waals surface area (Å²) in [6.45, 7) is 4.21. The van der Waals surface area contributed by atoms with Crippen molar-refractivity contribution in [3.05, 3.63) is 12.2 Å². The van der Waals surface area contributed by atoms with Gasteiger partial charge in [-0.05, 0) is 26.2 Å². The van der Waals surface area contributed by atoms with Crippen LogP contribution in [0.2, 0.25) is 0 Å². The normalized spacial score (nSPS) is 22.3. The number of hydrogen-bond donors (Lipinski definition) is 0. The first-order chi connectivity index (χ1) is 4.14. The van der Waals surface area contributed by atoms with E-state index in [4.69, 9.17) is 0 Å². The Labute approximate surface area is 60.3 Å². The first-order valence-electron chi connectivity index (χ1n) is 2.97. The molecule has 0 radical (unpaired) electrons. The second-order valence-corrected chi connectivity index (χ2v) is 3.47. The highest BCUT2D eigenvalue weighted by Gasteiger charge is 2.16. The third-order valence-electron chi connectivity index (χ3n) is 1.24. The van der Waals surface area contributed by atoms with Crippen molar-refractivity contribution in [2.24, 2.45) is 4.99 Å². The van der Waals surface area contributed by atoms with Crippen LogP contribution in [0, 0.1) is 0 Å². The molecule has 1 heterocycles. The summed E-state index contributed by atoms with van der Waals surface area (Å²) >= 11 is 1.70. The van der Waals surface area contributed by atoms with E-state index in [2.05, 4.69) is 31.0 Å². The van der Waals surface area contributed by atoms with Crippen LogP contribution in [-0.2, 0) is 0 Å². The molecule has 0 saturated carbocycles. The van der Waals surface area contributed by atoms with Gasteiger partial charge < -0.3 is 0 Å². The maximum absolute atomic E-state index is 4.41. The third kappa shape index (κ3) is 1.58. The van der Waals surface area contributed by atoms with Crippen LogP contribution in [0.15, 0.2) is 17.1 Å². The zero-order valence-electron chi connectivity index (χ0n) is 6.01. The van der Waals surface area contributed by atoms with Crippen molar-refractivity contribution < 1.29 is 0 Å². The SMILES string of the molecule is CSC1=NC(C)(C)C=C1. The van der Waals surface area contributed by atoms with Gasteiger partial charge in [0.05, 0.1) is 10.6 Å². The molecule has 0 N–H and O–H groups in total. The molecule has 0 aromatic heterocycles. The Morgan fingerprint density at radius 1 is 1.56 bits per heavy atom. The molecule has 0 saturated heterocycles. The summed E-state index contributed by atoms with van der Waals surface area (Å²) in [6.07, 6.45) is 6.24. The van der Waals surface area contributed by atoms with Crippen LogP contribution >= 0.6 is 11.8 Å².